The van der Waals surface area contributed by atoms with Gasteiger partial charge in [0, 0.05) is 32.7 Å². The fourth-order valence-corrected chi connectivity index (χ4v) is 0. The minimum atomic E-state index is 0. The summed E-state index contributed by atoms with van der Waals surface area (Å²) < 4.78 is 0. The maximum Gasteiger partial charge on any atom is 0 e. The largest absolute Gasteiger partial charge is 0.563 e. The van der Waals surface area contributed by atoms with Gasteiger partial charge >= 0.3 is 0 Å². The van der Waals surface area contributed by atoms with Crippen LogP contribution in [0.5, 0.6) is 0 Å². The van der Waals surface area contributed by atoms with Crippen LogP contribution in [0.4, 0.5) is 0 Å². The van der Waals surface area contributed by atoms with Gasteiger partial charge in [-0.15, -0.1) is 0 Å². The summed E-state index contributed by atoms with van der Waals surface area (Å²) in [7, 11) is 0. The van der Waals surface area contributed by atoms with E-state index in [2.05, 4.69) is 5.73 Å². The Balaban J connectivity index is 0. The molecular formula is CH3N2Y-. The molecule has 2 nitrogen and oxygen atoms in total. The number of hydrogen-bond donors (Lipinski definition) is 2. The summed E-state index contributed by atoms with van der Waals surface area (Å²) in [6.07, 6.45) is 1.50. The molecule has 0 rings (SSSR count). The molecule has 0 heterocycles. The van der Waals surface area contributed by atoms with Crippen LogP contribution in [-0.2, 0) is 32.7 Å². The molecule has 0 aliphatic heterocycles. The first kappa shape index (κ1) is 8.82. The second-order valence-electron chi connectivity index (χ2n) is 0.144. The van der Waals surface area contributed by atoms with E-state index >= 15 is 0 Å². The Hall–Kier alpha value is 0.574. The third-order valence-corrected chi connectivity index (χ3v) is 0. The molecule has 0 atom stereocenters. The average Bonchev–Trinajstić information content (AvgIpc) is 0.918. The predicted molar refractivity (Wildman–Crippen MR) is 11.9 cm³/mol. The molecule has 0 spiro atoms. The van der Waals surface area contributed by atoms with Crippen molar-refractivity contribution in [1.29, 1.82) is 5.41 Å². The van der Waals surface area contributed by atoms with E-state index in [4.69, 9.17) is 5.41 Å². The Labute approximate surface area is 50.1 Å². The minimum absolute atomic E-state index is 0. The molecule has 0 fully saturated rings. The van der Waals surface area contributed by atoms with Crippen LogP contribution >= 0.6 is 0 Å². The number of nitrogens with two attached hydrogens (primary N) is 1. The molecule has 3 N–H and O–H groups in total. The molecule has 0 unspecified atom stereocenters. The fourth-order valence-electron chi connectivity index (χ4n) is 0. The van der Waals surface area contributed by atoms with E-state index in [-0.39, 0.29) is 32.7 Å². The SMILES string of the molecule is N=[C-]N.[Y]. The summed E-state index contributed by atoms with van der Waals surface area (Å²) in [5, 5.41) is 5.74. The van der Waals surface area contributed by atoms with Crippen LogP contribution < -0.4 is 5.73 Å². The van der Waals surface area contributed by atoms with Crippen molar-refractivity contribution in [3.05, 3.63) is 0 Å². The van der Waals surface area contributed by atoms with Gasteiger partial charge in [0.1, 0.15) is 0 Å². The van der Waals surface area contributed by atoms with Crippen LogP contribution in [-0.4, -0.2) is 6.34 Å². The zero-order chi connectivity index (χ0) is 2.71. The van der Waals surface area contributed by atoms with Crippen molar-refractivity contribution >= 4 is 6.34 Å². The number of hydrogen-bond acceptors (Lipinski definition) is 1. The van der Waals surface area contributed by atoms with Crippen molar-refractivity contribution in [2.24, 2.45) is 5.73 Å². The Morgan fingerprint density at radius 3 is 1.75 bits per heavy atom. The van der Waals surface area contributed by atoms with Crippen molar-refractivity contribution < 1.29 is 32.7 Å². The molecule has 0 aromatic carbocycles. The molecule has 0 amide bonds. The zero-order valence-electron chi connectivity index (χ0n) is 2.15. The third-order valence-electron chi connectivity index (χ3n) is 0. The van der Waals surface area contributed by atoms with E-state index in [9.17, 15) is 0 Å². The van der Waals surface area contributed by atoms with Crippen molar-refractivity contribution in [3.63, 3.8) is 0 Å². The molecule has 0 saturated carbocycles. The first-order valence-corrected chi connectivity index (χ1v) is 0.539. The normalized spacial score (nSPS) is 3.00. The Morgan fingerprint density at radius 1 is 1.75 bits per heavy atom. The predicted octanol–water partition coefficient (Wildman–Crippen LogP) is -0.573. The molecule has 0 bridgehead atoms. The Bertz CT molecular complexity index is 13.5. The monoisotopic (exact) mass is 132 g/mol. The van der Waals surface area contributed by atoms with Gasteiger partial charge < -0.3 is 17.5 Å². The molecule has 0 aromatic heterocycles. The van der Waals surface area contributed by atoms with E-state index in [1.807, 2.05) is 0 Å². The Morgan fingerprint density at radius 2 is 1.75 bits per heavy atom. The zero-order valence-corrected chi connectivity index (χ0v) is 4.99. The van der Waals surface area contributed by atoms with Crippen LogP contribution in [0.3, 0.4) is 0 Å². The Kier molecular flexibility index (Phi) is 21.1. The van der Waals surface area contributed by atoms with E-state index in [1.54, 1.807) is 0 Å². The van der Waals surface area contributed by atoms with Gasteiger partial charge in [0.05, 0.1) is 0 Å². The quantitative estimate of drug-likeness (QED) is 0.197. The van der Waals surface area contributed by atoms with Gasteiger partial charge in [-0.1, -0.05) is 0 Å². The topological polar surface area (TPSA) is 49.9 Å². The smallest absolute Gasteiger partial charge is 0 e. The molecule has 21 valence electrons. The minimum Gasteiger partial charge on any atom is -0.563 e. The van der Waals surface area contributed by atoms with E-state index in [0.29, 0.717) is 0 Å². The molecule has 0 aromatic rings. The molecule has 0 aliphatic rings. The molecular weight excluding hydrogens is 129 g/mol. The van der Waals surface area contributed by atoms with Crippen molar-refractivity contribution in [1.82, 2.24) is 0 Å². The van der Waals surface area contributed by atoms with E-state index in [0.717, 1.165) is 0 Å². The number of nitrogens with one attached hydrogen (secondary N) is 1. The van der Waals surface area contributed by atoms with Crippen LogP contribution in [0.1, 0.15) is 0 Å². The van der Waals surface area contributed by atoms with Gasteiger partial charge in [-0.2, -0.15) is 0 Å². The standard InChI is InChI=1S/CH3N2.Y/c2-1-3;/h(H3,2,3);/q-1;. The van der Waals surface area contributed by atoms with Crippen LogP contribution in [0, 0.1) is 5.41 Å². The van der Waals surface area contributed by atoms with Crippen LogP contribution in [0.15, 0.2) is 0 Å². The summed E-state index contributed by atoms with van der Waals surface area (Å²) in [5.41, 5.74) is 4.26. The van der Waals surface area contributed by atoms with E-state index in [1.165, 1.54) is 6.34 Å². The van der Waals surface area contributed by atoms with Gasteiger partial charge in [0.15, 0.2) is 0 Å². The van der Waals surface area contributed by atoms with Crippen molar-refractivity contribution in [2.45, 2.75) is 0 Å². The summed E-state index contributed by atoms with van der Waals surface area (Å²) in [4.78, 5) is 0. The third kappa shape index (κ3) is 19.4. The first-order chi connectivity index (χ1) is 1.41. The van der Waals surface area contributed by atoms with Crippen molar-refractivity contribution in [2.75, 3.05) is 0 Å². The van der Waals surface area contributed by atoms with Gasteiger partial charge in [-0.05, 0) is 0 Å². The van der Waals surface area contributed by atoms with E-state index < -0.39 is 0 Å². The summed E-state index contributed by atoms with van der Waals surface area (Å²) >= 11 is 0. The average molecular weight is 132 g/mol. The molecule has 0 saturated heterocycles. The molecule has 1 radical (unpaired) electrons. The second kappa shape index (κ2) is 9.56. The maximum absolute atomic E-state index is 5.74. The van der Waals surface area contributed by atoms with Gasteiger partial charge in [-0.3, -0.25) is 0 Å². The van der Waals surface area contributed by atoms with Crippen LogP contribution in [0.2, 0.25) is 0 Å². The second-order valence-corrected chi connectivity index (χ2v) is 0.144. The molecule has 3 heteroatoms. The fraction of sp³-hybridized carbons (Fsp3) is 0. The first-order valence-electron chi connectivity index (χ1n) is 0.539. The van der Waals surface area contributed by atoms with Gasteiger partial charge in [0.2, 0.25) is 0 Å². The van der Waals surface area contributed by atoms with Gasteiger partial charge in [-0.25, -0.2) is 0 Å². The molecule has 4 heavy (non-hydrogen) atoms. The maximum atomic E-state index is 5.74. The van der Waals surface area contributed by atoms with Crippen LogP contribution in [0.25, 0.3) is 0 Å². The van der Waals surface area contributed by atoms with Gasteiger partial charge in [0.25, 0.3) is 0 Å². The molecule has 0 aliphatic carbocycles. The number of rotatable bonds is 0. The summed E-state index contributed by atoms with van der Waals surface area (Å²) in [6, 6.07) is 0. The van der Waals surface area contributed by atoms with Crippen molar-refractivity contribution in [3.8, 4) is 0 Å². The summed E-state index contributed by atoms with van der Waals surface area (Å²) in [6.45, 7) is 0. The summed E-state index contributed by atoms with van der Waals surface area (Å²) in [5.74, 6) is 0.